The van der Waals surface area contributed by atoms with Crippen molar-refractivity contribution in [3.8, 4) is 0 Å². The minimum Gasteiger partial charge on any atom is -0.361 e. The van der Waals surface area contributed by atoms with Crippen LogP contribution < -0.4 is 10.6 Å². The molecule has 0 saturated heterocycles. The molecule has 124 valence electrons. The fourth-order valence-electron chi connectivity index (χ4n) is 3.05. The molecule has 23 heavy (non-hydrogen) atoms. The molecule has 0 bridgehead atoms. The topological polar surface area (TPSA) is 52.2 Å². The lowest BCUT2D eigenvalue weighted by molar-refractivity contribution is 0.644. The summed E-state index contributed by atoms with van der Waals surface area (Å²) in [7, 11) is 1.84. The van der Waals surface area contributed by atoms with Gasteiger partial charge in [-0.05, 0) is 49.3 Å². The summed E-state index contributed by atoms with van der Waals surface area (Å²) >= 11 is 0. The molecule has 0 radical (unpaired) electrons. The Bertz CT molecular complexity index is 667. The molecule has 4 heteroatoms. The molecule has 1 heterocycles. The zero-order valence-corrected chi connectivity index (χ0v) is 14.3. The molecule has 4 nitrogen and oxygen atoms in total. The summed E-state index contributed by atoms with van der Waals surface area (Å²) in [5, 5.41) is 8.14. The van der Waals surface area contributed by atoms with Gasteiger partial charge >= 0.3 is 0 Å². The zero-order chi connectivity index (χ0) is 16.1. The molecule has 1 aromatic carbocycles. The summed E-state index contributed by atoms with van der Waals surface area (Å²) in [6.07, 6.45) is 8.60. The molecule has 0 spiro atoms. The van der Waals surface area contributed by atoms with Gasteiger partial charge in [0, 0.05) is 37.2 Å². The predicted molar refractivity (Wildman–Crippen MR) is 98.1 cm³/mol. The highest BCUT2D eigenvalue weighted by Gasteiger charge is 2.19. The highest BCUT2D eigenvalue weighted by Crippen LogP contribution is 2.33. The standard InChI is InChI=1S/C19H28N4/c1-14-5-8-17-16(13-23-18(17)12-14)9-11-22-19(20-2)21-10-3-4-15-6-7-15/h5,8,12-13,15,23H,3-4,6-7,9-11H2,1-2H3,(H2,20,21,22). The largest absolute Gasteiger partial charge is 0.361 e. The van der Waals surface area contributed by atoms with Crippen LogP contribution in [0.2, 0.25) is 0 Å². The van der Waals surface area contributed by atoms with Crippen molar-refractivity contribution in [2.24, 2.45) is 10.9 Å². The van der Waals surface area contributed by atoms with Gasteiger partial charge in [0.2, 0.25) is 0 Å². The highest BCUT2D eigenvalue weighted by molar-refractivity contribution is 5.84. The van der Waals surface area contributed by atoms with Crippen LogP contribution in [0.4, 0.5) is 0 Å². The Morgan fingerprint density at radius 1 is 1.26 bits per heavy atom. The number of benzene rings is 1. The molecular formula is C19H28N4. The van der Waals surface area contributed by atoms with Crippen molar-refractivity contribution in [2.45, 2.75) is 39.0 Å². The third-order valence-electron chi connectivity index (χ3n) is 4.61. The van der Waals surface area contributed by atoms with Gasteiger partial charge in [0.1, 0.15) is 0 Å². The monoisotopic (exact) mass is 312 g/mol. The molecule has 0 unspecified atom stereocenters. The summed E-state index contributed by atoms with van der Waals surface area (Å²) < 4.78 is 0. The van der Waals surface area contributed by atoms with Crippen LogP contribution in [-0.4, -0.2) is 31.1 Å². The maximum atomic E-state index is 4.30. The Morgan fingerprint density at radius 3 is 2.87 bits per heavy atom. The second kappa shape index (κ2) is 7.53. The summed E-state index contributed by atoms with van der Waals surface area (Å²) in [6.45, 7) is 4.03. The number of H-pyrrole nitrogens is 1. The van der Waals surface area contributed by atoms with E-state index in [0.29, 0.717) is 0 Å². The molecule has 1 fully saturated rings. The van der Waals surface area contributed by atoms with E-state index in [1.54, 1.807) is 0 Å². The van der Waals surface area contributed by atoms with E-state index in [-0.39, 0.29) is 0 Å². The quantitative estimate of drug-likeness (QED) is 0.417. The normalized spacial score (nSPS) is 15.1. The van der Waals surface area contributed by atoms with Crippen LogP contribution in [0.3, 0.4) is 0 Å². The molecule has 1 aromatic heterocycles. The number of nitrogens with one attached hydrogen (secondary N) is 3. The maximum absolute atomic E-state index is 4.30. The van der Waals surface area contributed by atoms with Crippen LogP contribution in [0, 0.1) is 12.8 Å². The van der Waals surface area contributed by atoms with E-state index in [2.05, 4.69) is 51.9 Å². The van der Waals surface area contributed by atoms with Crippen molar-refractivity contribution in [2.75, 3.05) is 20.1 Å². The van der Waals surface area contributed by atoms with Crippen molar-refractivity contribution in [1.82, 2.24) is 15.6 Å². The Hall–Kier alpha value is -1.97. The average molecular weight is 312 g/mol. The lowest BCUT2D eigenvalue weighted by Crippen LogP contribution is -2.38. The van der Waals surface area contributed by atoms with Crippen LogP contribution in [-0.2, 0) is 6.42 Å². The van der Waals surface area contributed by atoms with Crippen LogP contribution >= 0.6 is 0 Å². The summed E-state index contributed by atoms with van der Waals surface area (Å²) in [6, 6.07) is 6.58. The number of aliphatic imine (C=N–C) groups is 1. The first-order valence-corrected chi connectivity index (χ1v) is 8.77. The van der Waals surface area contributed by atoms with Crippen LogP contribution in [0.1, 0.15) is 36.8 Å². The summed E-state index contributed by atoms with van der Waals surface area (Å²) in [5.74, 6) is 1.92. The Balaban J connectivity index is 1.43. The number of aromatic amines is 1. The Kier molecular flexibility index (Phi) is 5.21. The van der Waals surface area contributed by atoms with Crippen LogP contribution in [0.25, 0.3) is 10.9 Å². The molecule has 0 atom stereocenters. The predicted octanol–water partition coefficient (Wildman–Crippen LogP) is 3.37. The van der Waals surface area contributed by atoms with Crippen molar-refractivity contribution < 1.29 is 0 Å². The van der Waals surface area contributed by atoms with Gasteiger partial charge in [-0.3, -0.25) is 4.99 Å². The van der Waals surface area contributed by atoms with Crippen molar-refractivity contribution in [1.29, 1.82) is 0 Å². The summed E-state index contributed by atoms with van der Waals surface area (Å²) in [4.78, 5) is 7.67. The van der Waals surface area contributed by atoms with E-state index >= 15 is 0 Å². The van der Waals surface area contributed by atoms with Gasteiger partial charge in [0.05, 0.1) is 0 Å². The summed E-state index contributed by atoms with van der Waals surface area (Å²) in [5.41, 5.74) is 3.87. The zero-order valence-electron chi connectivity index (χ0n) is 14.3. The molecule has 3 N–H and O–H groups in total. The fourth-order valence-corrected chi connectivity index (χ4v) is 3.05. The van der Waals surface area contributed by atoms with Crippen molar-refractivity contribution in [3.05, 3.63) is 35.5 Å². The third-order valence-corrected chi connectivity index (χ3v) is 4.61. The number of nitrogens with zero attached hydrogens (tertiary/aromatic N) is 1. The minimum absolute atomic E-state index is 0.892. The smallest absolute Gasteiger partial charge is 0.190 e. The lowest BCUT2D eigenvalue weighted by atomic mass is 10.1. The van der Waals surface area contributed by atoms with E-state index in [0.717, 1.165) is 31.4 Å². The van der Waals surface area contributed by atoms with Gasteiger partial charge in [0.25, 0.3) is 0 Å². The van der Waals surface area contributed by atoms with Gasteiger partial charge < -0.3 is 15.6 Å². The number of aromatic nitrogens is 1. The molecular weight excluding hydrogens is 284 g/mol. The van der Waals surface area contributed by atoms with Crippen LogP contribution in [0.15, 0.2) is 29.4 Å². The van der Waals surface area contributed by atoms with Crippen molar-refractivity contribution >= 4 is 16.9 Å². The van der Waals surface area contributed by atoms with Gasteiger partial charge in [-0.1, -0.05) is 25.0 Å². The van der Waals surface area contributed by atoms with E-state index in [1.165, 1.54) is 47.7 Å². The van der Waals surface area contributed by atoms with E-state index in [1.807, 2.05) is 7.05 Å². The fraction of sp³-hybridized carbons (Fsp3) is 0.526. The minimum atomic E-state index is 0.892. The molecule has 0 aliphatic heterocycles. The SMILES string of the molecule is CN=C(NCCCC1CC1)NCCc1c[nH]c2cc(C)ccc12. The first-order chi connectivity index (χ1) is 11.3. The number of aryl methyl sites for hydroxylation is 1. The number of guanidine groups is 1. The van der Waals surface area contributed by atoms with Crippen LogP contribution in [0.5, 0.6) is 0 Å². The Morgan fingerprint density at radius 2 is 2.09 bits per heavy atom. The number of hydrogen-bond acceptors (Lipinski definition) is 1. The number of hydrogen-bond donors (Lipinski definition) is 3. The van der Waals surface area contributed by atoms with E-state index < -0.39 is 0 Å². The second-order valence-electron chi connectivity index (χ2n) is 6.62. The average Bonchev–Trinajstić information content (AvgIpc) is 3.30. The van der Waals surface area contributed by atoms with Crippen molar-refractivity contribution in [3.63, 3.8) is 0 Å². The van der Waals surface area contributed by atoms with E-state index in [4.69, 9.17) is 0 Å². The lowest BCUT2D eigenvalue weighted by Gasteiger charge is -2.11. The van der Waals surface area contributed by atoms with Gasteiger partial charge in [-0.25, -0.2) is 0 Å². The molecule has 3 rings (SSSR count). The maximum Gasteiger partial charge on any atom is 0.190 e. The number of rotatable bonds is 7. The Labute approximate surface area is 138 Å². The third kappa shape index (κ3) is 4.50. The molecule has 1 saturated carbocycles. The van der Waals surface area contributed by atoms with E-state index in [9.17, 15) is 0 Å². The molecule has 1 aliphatic rings. The van der Waals surface area contributed by atoms with Gasteiger partial charge in [0.15, 0.2) is 5.96 Å². The first-order valence-electron chi connectivity index (χ1n) is 8.77. The highest BCUT2D eigenvalue weighted by atomic mass is 15.2. The van der Waals surface area contributed by atoms with Gasteiger partial charge in [-0.2, -0.15) is 0 Å². The molecule has 2 aromatic rings. The second-order valence-corrected chi connectivity index (χ2v) is 6.62. The first kappa shape index (κ1) is 15.9. The molecule has 1 aliphatic carbocycles. The number of fused-ring (bicyclic) bond motifs is 1. The van der Waals surface area contributed by atoms with Gasteiger partial charge in [-0.15, -0.1) is 0 Å². The molecule has 0 amide bonds.